The van der Waals surface area contributed by atoms with E-state index in [1.54, 1.807) is 6.08 Å². The Morgan fingerprint density at radius 3 is 2.52 bits per heavy atom. The Morgan fingerprint density at radius 1 is 1.14 bits per heavy atom. The monoisotopic (exact) mass is 276 g/mol. The predicted molar refractivity (Wildman–Crippen MR) is 90.1 cm³/mol. The molecule has 0 aliphatic heterocycles. The summed E-state index contributed by atoms with van der Waals surface area (Å²) in [4.78, 5) is 4.49. The minimum atomic E-state index is 0.00907. The summed E-state index contributed by atoms with van der Waals surface area (Å²) in [5.74, 6) is 0. The number of pyridine rings is 1. The smallest absolute Gasteiger partial charge is 0.0936 e. The lowest BCUT2D eigenvalue weighted by Gasteiger charge is -2.21. The highest BCUT2D eigenvalue weighted by atomic mass is 14.9. The number of aromatic nitrogens is 1. The van der Waals surface area contributed by atoms with Crippen LogP contribution in [0.2, 0.25) is 0 Å². The maximum absolute atomic E-state index is 4.49. The molecule has 1 aromatic carbocycles. The zero-order valence-electron chi connectivity index (χ0n) is 12.2. The van der Waals surface area contributed by atoms with Crippen molar-refractivity contribution in [1.82, 2.24) is 4.98 Å². The summed E-state index contributed by atoms with van der Waals surface area (Å²) in [6.45, 7) is 5.77. The first kappa shape index (κ1) is 14.8. The average Bonchev–Trinajstić information content (AvgIpc) is 2.56. The minimum Gasteiger partial charge on any atom is -0.373 e. The number of nitrogens with one attached hydrogen (secondary N) is 1. The van der Waals surface area contributed by atoms with Crippen LogP contribution in [0.1, 0.15) is 18.7 Å². The van der Waals surface area contributed by atoms with Gasteiger partial charge in [-0.05, 0) is 36.8 Å². The predicted octanol–water partition coefficient (Wildman–Crippen LogP) is 4.92. The van der Waals surface area contributed by atoms with Crippen LogP contribution in [0.15, 0.2) is 91.2 Å². The second-order valence-electron chi connectivity index (χ2n) is 4.58. The number of nitrogens with zero attached hydrogens (tertiary/aromatic N) is 1. The van der Waals surface area contributed by atoms with Crippen molar-refractivity contribution in [2.45, 2.75) is 13.0 Å². The third kappa shape index (κ3) is 4.18. The summed E-state index contributed by atoms with van der Waals surface area (Å²) in [5, 5.41) is 3.54. The molecule has 2 nitrogen and oxygen atoms in total. The van der Waals surface area contributed by atoms with Gasteiger partial charge >= 0.3 is 0 Å². The first-order valence-corrected chi connectivity index (χ1v) is 7.03. The van der Waals surface area contributed by atoms with Gasteiger partial charge in [0.15, 0.2) is 0 Å². The van der Waals surface area contributed by atoms with Crippen molar-refractivity contribution in [3.63, 3.8) is 0 Å². The van der Waals surface area contributed by atoms with E-state index in [-0.39, 0.29) is 6.04 Å². The second-order valence-corrected chi connectivity index (χ2v) is 4.58. The van der Waals surface area contributed by atoms with Crippen LogP contribution in [-0.4, -0.2) is 4.98 Å². The van der Waals surface area contributed by atoms with Gasteiger partial charge in [-0.3, -0.25) is 4.98 Å². The van der Waals surface area contributed by atoms with Crippen molar-refractivity contribution in [3.05, 3.63) is 96.9 Å². The number of hydrogen-bond acceptors (Lipinski definition) is 2. The van der Waals surface area contributed by atoms with Gasteiger partial charge in [-0.15, -0.1) is 0 Å². The summed E-state index contributed by atoms with van der Waals surface area (Å²) >= 11 is 0. The van der Waals surface area contributed by atoms with Gasteiger partial charge in [0.25, 0.3) is 0 Å². The molecule has 0 aliphatic carbocycles. The number of para-hydroxylation sites is 1. The number of allylic oxidation sites excluding steroid dienone is 3. The van der Waals surface area contributed by atoms with Gasteiger partial charge in [-0.2, -0.15) is 0 Å². The van der Waals surface area contributed by atoms with Crippen LogP contribution >= 0.6 is 0 Å². The molecule has 21 heavy (non-hydrogen) atoms. The lowest BCUT2D eigenvalue weighted by molar-refractivity contribution is 0.884. The molecule has 1 atom stereocenters. The first-order valence-electron chi connectivity index (χ1n) is 7.03. The van der Waals surface area contributed by atoms with Crippen molar-refractivity contribution in [3.8, 4) is 0 Å². The zero-order valence-corrected chi connectivity index (χ0v) is 12.2. The molecule has 0 radical (unpaired) electrons. The number of anilines is 1. The Balaban J connectivity index is 2.35. The fourth-order valence-electron chi connectivity index (χ4n) is 2.11. The quantitative estimate of drug-likeness (QED) is 0.757. The summed E-state index contributed by atoms with van der Waals surface area (Å²) in [6, 6.07) is 16.1. The minimum absolute atomic E-state index is 0.00907. The van der Waals surface area contributed by atoms with E-state index >= 15 is 0 Å². The Morgan fingerprint density at radius 2 is 1.90 bits per heavy atom. The highest BCUT2D eigenvalue weighted by molar-refractivity contribution is 5.49. The van der Waals surface area contributed by atoms with Crippen LogP contribution in [0.3, 0.4) is 0 Å². The fraction of sp³-hybridized carbons (Fsp3) is 0.105. The van der Waals surface area contributed by atoms with Crippen molar-refractivity contribution in [2.75, 3.05) is 5.32 Å². The highest BCUT2D eigenvalue weighted by Gasteiger charge is 2.15. The molecular weight excluding hydrogens is 256 g/mol. The molecule has 2 aromatic rings. The van der Waals surface area contributed by atoms with Crippen LogP contribution in [0.25, 0.3) is 0 Å². The van der Waals surface area contributed by atoms with Crippen molar-refractivity contribution < 1.29 is 0 Å². The van der Waals surface area contributed by atoms with Gasteiger partial charge in [0, 0.05) is 11.9 Å². The van der Waals surface area contributed by atoms with E-state index in [1.807, 2.05) is 55.6 Å². The van der Waals surface area contributed by atoms with Crippen LogP contribution in [0, 0.1) is 0 Å². The molecule has 0 saturated carbocycles. The van der Waals surface area contributed by atoms with E-state index < -0.39 is 0 Å². The summed E-state index contributed by atoms with van der Waals surface area (Å²) in [7, 11) is 0. The van der Waals surface area contributed by atoms with Gasteiger partial charge < -0.3 is 5.32 Å². The summed E-state index contributed by atoms with van der Waals surface area (Å²) in [5.41, 5.74) is 3.21. The molecule has 0 saturated heterocycles. The topological polar surface area (TPSA) is 24.9 Å². The lowest BCUT2D eigenvalue weighted by atomic mass is 10.0. The van der Waals surface area contributed by atoms with E-state index in [0.717, 1.165) is 17.0 Å². The van der Waals surface area contributed by atoms with Crippen LogP contribution < -0.4 is 5.32 Å². The molecule has 1 N–H and O–H groups in total. The molecule has 0 fully saturated rings. The normalized spacial score (nSPS) is 13.1. The Kier molecular flexibility index (Phi) is 5.53. The lowest BCUT2D eigenvalue weighted by Crippen LogP contribution is -2.14. The average molecular weight is 276 g/mol. The molecule has 0 aliphatic rings. The fourth-order valence-corrected chi connectivity index (χ4v) is 2.11. The van der Waals surface area contributed by atoms with E-state index in [0.29, 0.717) is 0 Å². The molecule has 1 unspecified atom stereocenters. The largest absolute Gasteiger partial charge is 0.373 e. The van der Waals surface area contributed by atoms with Crippen LogP contribution in [0.4, 0.5) is 5.69 Å². The van der Waals surface area contributed by atoms with Crippen molar-refractivity contribution in [2.24, 2.45) is 0 Å². The van der Waals surface area contributed by atoms with Gasteiger partial charge in [0.1, 0.15) is 0 Å². The zero-order chi connectivity index (χ0) is 14.9. The third-order valence-electron chi connectivity index (χ3n) is 3.16. The molecule has 106 valence electrons. The molecule has 0 bridgehead atoms. The Labute approximate surface area is 126 Å². The second kappa shape index (κ2) is 7.85. The molecule has 1 aromatic heterocycles. The van der Waals surface area contributed by atoms with E-state index in [9.17, 15) is 0 Å². The summed E-state index contributed by atoms with van der Waals surface area (Å²) < 4.78 is 0. The van der Waals surface area contributed by atoms with Crippen molar-refractivity contribution in [1.29, 1.82) is 0 Å². The van der Waals surface area contributed by atoms with Gasteiger partial charge in [0.2, 0.25) is 0 Å². The molecule has 2 rings (SSSR count). The third-order valence-corrected chi connectivity index (χ3v) is 3.16. The number of rotatable bonds is 6. The van der Waals surface area contributed by atoms with Crippen LogP contribution in [-0.2, 0) is 0 Å². The highest BCUT2D eigenvalue weighted by Crippen LogP contribution is 2.26. The van der Waals surface area contributed by atoms with E-state index in [4.69, 9.17) is 0 Å². The number of benzene rings is 1. The molecule has 0 amide bonds. The van der Waals surface area contributed by atoms with Crippen LogP contribution in [0.5, 0.6) is 0 Å². The maximum atomic E-state index is 4.49. The standard InChI is InChI=1S/C19H20N2/c1-3-5-11-16(4-2)19(18-14-9-10-15-20-18)21-17-12-7-6-8-13-17/h3-15,19,21H,1H2,2H3/b11-5-,16-4+. The first-order chi connectivity index (χ1) is 10.3. The SMILES string of the molecule is C=C/C=C\C(=C/C)C(Nc1ccccc1)c1ccccn1. The van der Waals surface area contributed by atoms with Gasteiger partial charge in [-0.1, -0.05) is 55.1 Å². The van der Waals surface area contributed by atoms with E-state index in [1.165, 1.54) is 0 Å². The van der Waals surface area contributed by atoms with E-state index in [2.05, 4.69) is 41.2 Å². The number of hydrogen-bond donors (Lipinski definition) is 1. The van der Waals surface area contributed by atoms with Crippen molar-refractivity contribution >= 4 is 5.69 Å². The van der Waals surface area contributed by atoms with Gasteiger partial charge in [-0.25, -0.2) is 0 Å². The molecular formula is C19H20N2. The maximum Gasteiger partial charge on any atom is 0.0936 e. The molecule has 1 heterocycles. The summed E-state index contributed by atoms with van der Waals surface area (Å²) in [6.07, 6.45) is 9.69. The Hall–Kier alpha value is -2.61. The molecule has 2 heteroatoms. The Bertz CT molecular complexity index is 613. The van der Waals surface area contributed by atoms with Gasteiger partial charge in [0.05, 0.1) is 11.7 Å². The molecule has 0 spiro atoms.